The Morgan fingerprint density at radius 2 is 1.79 bits per heavy atom. The summed E-state index contributed by atoms with van der Waals surface area (Å²) in [6, 6.07) is 14.7. The maximum absolute atomic E-state index is 12.7. The molecule has 2 aromatic carbocycles. The summed E-state index contributed by atoms with van der Waals surface area (Å²) in [6.45, 7) is 4.17. The van der Waals surface area contributed by atoms with E-state index in [1.54, 1.807) is 6.20 Å². The SMILES string of the molecule is O=C(Nc1ccc2c(c1)Cc1ccccc1-2)c1cnn(CCN2CCCCC2)c1. The summed E-state index contributed by atoms with van der Waals surface area (Å²) in [5.74, 6) is -0.107. The second kappa shape index (κ2) is 7.84. The van der Waals surface area contributed by atoms with Gasteiger partial charge in [0.2, 0.25) is 0 Å². The van der Waals surface area contributed by atoms with E-state index in [4.69, 9.17) is 0 Å². The highest BCUT2D eigenvalue weighted by Crippen LogP contribution is 2.37. The standard InChI is InChI=1S/C24H26N4O/c29-24(20-16-25-28(17-20)13-12-27-10-4-1-5-11-27)26-21-8-9-23-19(15-21)14-18-6-2-3-7-22(18)23/h2-3,6-9,15-17H,1,4-5,10-14H2,(H,26,29). The first-order chi connectivity index (χ1) is 14.3. The minimum Gasteiger partial charge on any atom is -0.322 e. The molecule has 1 N–H and O–H groups in total. The maximum atomic E-state index is 12.7. The van der Waals surface area contributed by atoms with E-state index < -0.39 is 0 Å². The zero-order valence-electron chi connectivity index (χ0n) is 16.6. The van der Waals surface area contributed by atoms with E-state index in [1.165, 1.54) is 54.6 Å². The average Bonchev–Trinajstić information content (AvgIpc) is 3.37. The number of nitrogens with zero attached hydrogens (tertiary/aromatic N) is 3. The summed E-state index contributed by atoms with van der Waals surface area (Å²) in [7, 11) is 0. The lowest BCUT2D eigenvalue weighted by atomic mass is 10.1. The Morgan fingerprint density at radius 1 is 0.966 bits per heavy atom. The number of amides is 1. The van der Waals surface area contributed by atoms with Crippen molar-refractivity contribution < 1.29 is 4.79 Å². The molecule has 5 heteroatoms. The van der Waals surface area contributed by atoms with Crippen LogP contribution in [-0.2, 0) is 13.0 Å². The van der Waals surface area contributed by atoms with Crippen LogP contribution in [0.25, 0.3) is 11.1 Å². The molecule has 1 amide bonds. The van der Waals surface area contributed by atoms with Crippen LogP contribution in [0.4, 0.5) is 5.69 Å². The average molecular weight is 386 g/mol. The molecule has 0 bridgehead atoms. The van der Waals surface area contributed by atoms with E-state index in [2.05, 4.69) is 51.7 Å². The third kappa shape index (κ3) is 3.83. The Morgan fingerprint density at radius 3 is 2.69 bits per heavy atom. The van der Waals surface area contributed by atoms with Crippen LogP contribution in [0.1, 0.15) is 40.7 Å². The Kier molecular flexibility index (Phi) is 4.90. The molecular weight excluding hydrogens is 360 g/mol. The molecule has 5 nitrogen and oxygen atoms in total. The van der Waals surface area contributed by atoms with Crippen molar-refractivity contribution in [3.63, 3.8) is 0 Å². The summed E-state index contributed by atoms with van der Waals surface area (Å²) in [6.07, 6.45) is 8.36. The van der Waals surface area contributed by atoms with Gasteiger partial charge < -0.3 is 10.2 Å². The highest BCUT2D eigenvalue weighted by molar-refractivity contribution is 6.04. The predicted molar refractivity (Wildman–Crippen MR) is 115 cm³/mol. The summed E-state index contributed by atoms with van der Waals surface area (Å²) in [5, 5.41) is 7.41. The number of fused-ring (bicyclic) bond motifs is 3. The first kappa shape index (κ1) is 18.1. The van der Waals surface area contributed by atoms with Gasteiger partial charge in [0.05, 0.1) is 18.3 Å². The molecule has 0 unspecified atom stereocenters. The summed E-state index contributed by atoms with van der Waals surface area (Å²) in [4.78, 5) is 15.2. The number of aromatic nitrogens is 2. The number of benzene rings is 2. The third-order valence-corrected chi connectivity index (χ3v) is 6.04. The lowest BCUT2D eigenvalue weighted by Gasteiger charge is -2.26. The van der Waals surface area contributed by atoms with Crippen LogP contribution >= 0.6 is 0 Å². The minimum atomic E-state index is -0.107. The van der Waals surface area contributed by atoms with Crippen molar-refractivity contribution in [3.8, 4) is 11.1 Å². The molecule has 1 aliphatic carbocycles. The number of likely N-dealkylation sites (tertiary alicyclic amines) is 1. The van der Waals surface area contributed by atoms with Crippen molar-refractivity contribution in [1.29, 1.82) is 0 Å². The number of nitrogens with one attached hydrogen (secondary N) is 1. The fraction of sp³-hybridized carbons (Fsp3) is 0.333. The van der Waals surface area contributed by atoms with Crippen LogP contribution in [0, 0.1) is 0 Å². The van der Waals surface area contributed by atoms with Crippen LogP contribution in [0.3, 0.4) is 0 Å². The lowest BCUT2D eigenvalue weighted by molar-refractivity contribution is 0.102. The van der Waals surface area contributed by atoms with Gasteiger partial charge in [0.1, 0.15) is 0 Å². The van der Waals surface area contributed by atoms with Gasteiger partial charge in [-0.2, -0.15) is 5.10 Å². The van der Waals surface area contributed by atoms with Crippen LogP contribution in [0.5, 0.6) is 0 Å². The smallest absolute Gasteiger partial charge is 0.258 e. The van der Waals surface area contributed by atoms with Gasteiger partial charge in [0, 0.05) is 18.4 Å². The van der Waals surface area contributed by atoms with E-state index in [1.807, 2.05) is 16.9 Å². The predicted octanol–water partition coefficient (Wildman–Crippen LogP) is 4.19. The molecule has 2 heterocycles. The van der Waals surface area contributed by atoms with Crippen molar-refractivity contribution in [2.24, 2.45) is 0 Å². The van der Waals surface area contributed by atoms with Gasteiger partial charge in [0.15, 0.2) is 0 Å². The van der Waals surface area contributed by atoms with Gasteiger partial charge in [0.25, 0.3) is 5.91 Å². The maximum Gasteiger partial charge on any atom is 0.258 e. The van der Waals surface area contributed by atoms with Crippen LogP contribution in [0.2, 0.25) is 0 Å². The molecule has 3 aromatic rings. The lowest BCUT2D eigenvalue weighted by Crippen LogP contribution is -2.32. The van der Waals surface area contributed by atoms with E-state index in [9.17, 15) is 4.79 Å². The normalized spacial score (nSPS) is 15.7. The molecule has 0 spiro atoms. The van der Waals surface area contributed by atoms with Gasteiger partial charge in [-0.1, -0.05) is 36.8 Å². The molecule has 0 atom stereocenters. The first-order valence-corrected chi connectivity index (χ1v) is 10.5. The van der Waals surface area contributed by atoms with Crippen molar-refractivity contribution in [2.75, 3.05) is 25.0 Å². The highest BCUT2D eigenvalue weighted by atomic mass is 16.1. The molecular formula is C24H26N4O. The zero-order chi connectivity index (χ0) is 19.6. The van der Waals surface area contributed by atoms with Crippen molar-refractivity contribution in [2.45, 2.75) is 32.2 Å². The Labute approximate surface area is 171 Å². The number of piperidine rings is 1. The molecule has 0 radical (unpaired) electrons. The van der Waals surface area contributed by atoms with Crippen LogP contribution < -0.4 is 5.32 Å². The monoisotopic (exact) mass is 386 g/mol. The quantitative estimate of drug-likeness (QED) is 0.559. The topological polar surface area (TPSA) is 50.2 Å². The second-order valence-electron chi connectivity index (χ2n) is 8.05. The van der Waals surface area contributed by atoms with E-state index in [-0.39, 0.29) is 5.91 Å². The van der Waals surface area contributed by atoms with E-state index >= 15 is 0 Å². The molecule has 0 saturated carbocycles. The highest BCUT2D eigenvalue weighted by Gasteiger charge is 2.19. The van der Waals surface area contributed by atoms with Crippen molar-refractivity contribution >= 4 is 11.6 Å². The summed E-state index contributed by atoms with van der Waals surface area (Å²) in [5.41, 5.74) is 6.62. The molecule has 1 fully saturated rings. The molecule has 29 heavy (non-hydrogen) atoms. The number of rotatable bonds is 5. The van der Waals surface area contributed by atoms with Crippen LogP contribution in [-0.4, -0.2) is 40.2 Å². The van der Waals surface area contributed by atoms with Gasteiger partial charge in [-0.3, -0.25) is 9.48 Å². The fourth-order valence-corrected chi connectivity index (χ4v) is 4.46. The first-order valence-electron chi connectivity index (χ1n) is 10.5. The van der Waals surface area contributed by atoms with Gasteiger partial charge >= 0.3 is 0 Å². The van der Waals surface area contributed by atoms with Gasteiger partial charge in [-0.25, -0.2) is 0 Å². The van der Waals surface area contributed by atoms with Crippen molar-refractivity contribution in [1.82, 2.24) is 14.7 Å². The van der Waals surface area contributed by atoms with E-state index in [0.29, 0.717) is 5.56 Å². The molecule has 2 aliphatic rings. The second-order valence-corrected chi connectivity index (χ2v) is 8.05. The third-order valence-electron chi connectivity index (χ3n) is 6.04. The Hall–Kier alpha value is -2.92. The number of carbonyl (C=O) groups is 1. The van der Waals surface area contributed by atoms with E-state index in [0.717, 1.165) is 25.2 Å². The molecule has 1 saturated heterocycles. The number of hydrogen-bond acceptors (Lipinski definition) is 3. The summed E-state index contributed by atoms with van der Waals surface area (Å²) >= 11 is 0. The minimum absolute atomic E-state index is 0.107. The van der Waals surface area contributed by atoms with Crippen molar-refractivity contribution in [3.05, 3.63) is 71.5 Å². The fourth-order valence-electron chi connectivity index (χ4n) is 4.46. The Bertz CT molecular complexity index is 1030. The number of hydrogen-bond donors (Lipinski definition) is 1. The molecule has 1 aliphatic heterocycles. The number of carbonyl (C=O) groups excluding carboxylic acids is 1. The largest absolute Gasteiger partial charge is 0.322 e. The molecule has 5 rings (SSSR count). The van der Waals surface area contributed by atoms with Gasteiger partial charge in [-0.15, -0.1) is 0 Å². The summed E-state index contributed by atoms with van der Waals surface area (Å²) < 4.78 is 1.88. The Balaban J connectivity index is 1.22. The van der Waals surface area contributed by atoms with Crippen LogP contribution in [0.15, 0.2) is 54.9 Å². The van der Waals surface area contributed by atoms with Gasteiger partial charge in [-0.05, 0) is 66.7 Å². The molecule has 1 aromatic heterocycles. The zero-order valence-corrected chi connectivity index (χ0v) is 16.6. The number of anilines is 1. The molecule has 148 valence electrons.